The number of halogens is 1. The van der Waals surface area contributed by atoms with E-state index in [-0.39, 0.29) is 24.4 Å². The van der Waals surface area contributed by atoms with Gasteiger partial charge in [0, 0.05) is 11.0 Å². The number of benzene rings is 1. The lowest BCUT2D eigenvalue weighted by atomic mass is 9.98. The summed E-state index contributed by atoms with van der Waals surface area (Å²) in [6.07, 6.45) is 2.72. The summed E-state index contributed by atoms with van der Waals surface area (Å²) in [6.45, 7) is 0.779. The second kappa shape index (κ2) is 5.67. The van der Waals surface area contributed by atoms with Gasteiger partial charge in [0.25, 0.3) is 0 Å². The van der Waals surface area contributed by atoms with Crippen molar-refractivity contribution in [1.82, 2.24) is 4.90 Å². The summed E-state index contributed by atoms with van der Waals surface area (Å²) in [5, 5.41) is 0. The van der Waals surface area contributed by atoms with Gasteiger partial charge in [-0.15, -0.1) is 0 Å². The fourth-order valence-electron chi connectivity index (χ4n) is 3.05. The van der Waals surface area contributed by atoms with Crippen LogP contribution in [0.4, 0.5) is 5.69 Å². The number of anilines is 1. The lowest BCUT2D eigenvalue weighted by molar-refractivity contribution is -0.144. The molecule has 0 radical (unpaired) electrons. The van der Waals surface area contributed by atoms with Gasteiger partial charge in [-0.25, -0.2) is 0 Å². The predicted octanol–water partition coefficient (Wildman–Crippen LogP) is 2.19. The van der Waals surface area contributed by atoms with Crippen LogP contribution in [-0.2, 0) is 9.59 Å². The fourth-order valence-corrected chi connectivity index (χ4v) is 3.40. The number of piperazine rings is 1. The highest BCUT2D eigenvalue weighted by molar-refractivity contribution is 9.10. The van der Waals surface area contributed by atoms with Crippen LogP contribution in [0.15, 0.2) is 22.7 Å². The maximum absolute atomic E-state index is 12.7. The van der Waals surface area contributed by atoms with E-state index >= 15 is 0 Å². The minimum atomic E-state index is -0.316. The van der Waals surface area contributed by atoms with Gasteiger partial charge in [0.15, 0.2) is 0 Å². The van der Waals surface area contributed by atoms with E-state index in [0.29, 0.717) is 18.0 Å². The van der Waals surface area contributed by atoms with Crippen molar-refractivity contribution in [2.45, 2.75) is 25.3 Å². The molecule has 2 aliphatic rings. The van der Waals surface area contributed by atoms with Gasteiger partial charge in [0.2, 0.25) is 11.8 Å². The first kappa shape index (κ1) is 14.4. The van der Waals surface area contributed by atoms with Crippen molar-refractivity contribution in [3.63, 3.8) is 0 Å². The Balaban J connectivity index is 1.97. The third-order valence-corrected chi connectivity index (χ3v) is 4.59. The molecule has 2 saturated heterocycles. The minimum Gasteiger partial charge on any atom is -0.495 e. The van der Waals surface area contributed by atoms with Crippen molar-refractivity contribution in [2.24, 2.45) is 0 Å². The zero-order valence-electron chi connectivity index (χ0n) is 11.8. The van der Waals surface area contributed by atoms with E-state index in [2.05, 4.69) is 15.9 Å². The maximum atomic E-state index is 12.7. The molecule has 1 aromatic rings. The second-order valence-corrected chi connectivity index (χ2v) is 6.25. The van der Waals surface area contributed by atoms with Gasteiger partial charge in [-0.2, -0.15) is 0 Å². The van der Waals surface area contributed by atoms with Gasteiger partial charge in [-0.3, -0.25) is 14.5 Å². The molecule has 112 valence electrons. The minimum absolute atomic E-state index is 0.00861. The largest absolute Gasteiger partial charge is 0.495 e. The summed E-state index contributed by atoms with van der Waals surface area (Å²) in [4.78, 5) is 28.4. The number of ether oxygens (including phenoxy) is 1. The van der Waals surface area contributed by atoms with Crippen molar-refractivity contribution in [3.05, 3.63) is 22.7 Å². The van der Waals surface area contributed by atoms with E-state index in [1.54, 1.807) is 23.0 Å². The van der Waals surface area contributed by atoms with E-state index in [1.165, 1.54) is 0 Å². The van der Waals surface area contributed by atoms with E-state index in [4.69, 9.17) is 4.74 Å². The summed E-state index contributed by atoms with van der Waals surface area (Å²) >= 11 is 3.41. The summed E-state index contributed by atoms with van der Waals surface area (Å²) in [5.74, 6) is 0.607. The third kappa shape index (κ3) is 2.52. The molecule has 1 unspecified atom stereocenters. The zero-order chi connectivity index (χ0) is 15.0. The first-order valence-corrected chi connectivity index (χ1v) is 7.85. The molecule has 0 bridgehead atoms. The second-order valence-electron chi connectivity index (χ2n) is 5.34. The molecule has 0 spiro atoms. The standard InChI is InChI=1S/C15H17BrN2O3/c1-21-13-6-5-10(16)8-12(13)18-9-14(19)17-7-3-2-4-11(17)15(18)20/h5-6,8,11H,2-4,7,9H2,1H3. The van der Waals surface area contributed by atoms with Crippen molar-refractivity contribution in [3.8, 4) is 5.75 Å². The molecule has 0 saturated carbocycles. The Labute approximate surface area is 132 Å². The van der Waals surface area contributed by atoms with Crippen molar-refractivity contribution in [1.29, 1.82) is 0 Å². The molecule has 1 aromatic carbocycles. The molecule has 21 heavy (non-hydrogen) atoms. The number of methoxy groups -OCH3 is 1. The molecule has 1 atom stereocenters. The first-order chi connectivity index (χ1) is 10.1. The Morgan fingerprint density at radius 3 is 2.86 bits per heavy atom. The molecule has 6 heteroatoms. The van der Waals surface area contributed by atoms with Crippen LogP contribution >= 0.6 is 15.9 Å². The monoisotopic (exact) mass is 352 g/mol. The number of piperidine rings is 1. The molecule has 0 N–H and O–H groups in total. The average molecular weight is 353 g/mol. The van der Waals surface area contributed by atoms with Crippen LogP contribution in [0.5, 0.6) is 5.75 Å². The van der Waals surface area contributed by atoms with Crippen LogP contribution in [0, 0.1) is 0 Å². The third-order valence-electron chi connectivity index (χ3n) is 4.10. The van der Waals surface area contributed by atoms with Crippen molar-refractivity contribution < 1.29 is 14.3 Å². The fraction of sp³-hybridized carbons (Fsp3) is 0.467. The number of fused-ring (bicyclic) bond motifs is 1. The SMILES string of the molecule is COc1ccc(Br)cc1N1CC(=O)N2CCCCC2C1=O. The Morgan fingerprint density at radius 2 is 2.10 bits per heavy atom. The molecule has 0 aliphatic carbocycles. The normalized spacial score (nSPS) is 22.3. The quantitative estimate of drug-likeness (QED) is 0.819. The Bertz CT molecular complexity index is 590. The molecular formula is C15H17BrN2O3. The highest BCUT2D eigenvalue weighted by Crippen LogP contribution is 2.34. The van der Waals surface area contributed by atoms with Crippen LogP contribution < -0.4 is 9.64 Å². The molecule has 2 heterocycles. The average Bonchev–Trinajstić information content (AvgIpc) is 2.51. The zero-order valence-corrected chi connectivity index (χ0v) is 13.4. The van der Waals surface area contributed by atoms with Crippen molar-refractivity contribution >= 4 is 33.4 Å². The number of nitrogens with zero attached hydrogens (tertiary/aromatic N) is 2. The lowest BCUT2D eigenvalue weighted by Gasteiger charge is -2.42. The van der Waals surface area contributed by atoms with E-state index in [0.717, 1.165) is 23.7 Å². The number of rotatable bonds is 2. The highest BCUT2D eigenvalue weighted by Gasteiger charge is 2.41. The lowest BCUT2D eigenvalue weighted by Crippen LogP contribution is -2.61. The van der Waals surface area contributed by atoms with Crippen LogP contribution in [0.3, 0.4) is 0 Å². The first-order valence-electron chi connectivity index (χ1n) is 7.06. The van der Waals surface area contributed by atoms with Crippen molar-refractivity contribution in [2.75, 3.05) is 25.1 Å². The Hall–Kier alpha value is -1.56. The molecular weight excluding hydrogens is 336 g/mol. The van der Waals surface area contributed by atoms with Crippen LogP contribution in [0.1, 0.15) is 19.3 Å². The summed E-state index contributed by atoms with van der Waals surface area (Å²) in [6, 6.07) is 5.15. The molecule has 2 amide bonds. The summed E-state index contributed by atoms with van der Waals surface area (Å²) in [7, 11) is 1.57. The Kier molecular flexibility index (Phi) is 3.89. The predicted molar refractivity (Wildman–Crippen MR) is 82.4 cm³/mol. The van der Waals surface area contributed by atoms with Gasteiger partial charge < -0.3 is 9.64 Å². The van der Waals surface area contributed by atoms with Crippen LogP contribution in [0.25, 0.3) is 0 Å². The van der Waals surface area contributed by atoms with Gasteiger partial charge >= 0.3 is 0 Å². The molecule has 5 nitrogen and oxygen atoms in total. The van der Waals surface area contributed by atoms with Crippen LogP contribution in [-0.4, -0.2) is 43.0 Å². The molecule has 2 fully saturated rings. The Morgan fingerprint density at radius 1 is 1.29 bits per heavy atom. The van der Waals surface area contributed by atoms with E-state index in [9.17, 15) is 9.59 Å². The highest BCUT2D eigenvalue weighted by atomic mass is 79.9. The molecule has 0 aromatic heterocycles. The summed E-state index contributed by atoms with van der Waals surface area (Å²) < 4.78 is 6.19. The number of amides is 2. The number of carbonyl (C=O) groups excluding carboxylic acids is 2. The van der Waals surface area contributed by atoms with Crippen LogP contribution in [0.2, 0.25) is 0 Å². The molecule has 2 aliphatic heterocycles. The van der Waals surface area contributed by atoms with Gasteiger partial charge in [-0.1, -0.05) is 15.9 Å². The number of hydrogen-bond acceptors (Lipinski definition) is 3. The smallest absolute Gasteiger partial charge is 0.250 e. The number of hydrogen-bond donors (Lipinski definition) is 0. The topological polar surface area (TPSA) is 49.9 Å². The maximum Gasteiger partial charge on any atom is 0.250 e. The van der Waals surface area contributed by atoms with E-state index in [1.807, 2.05) is 12.1 Å². The van der Waals surface area contributed by atoms with E-state index < -0.39 is 0 Å². The molecule has 3 rings (SSSR count). The van der Waals surface area contributed by atoms with Gasteiger partial charge in [-0.05, 0) is 37.5 Å². The summed E-state index contributed by atoms with van der Waals surface area (Å²) in [5.41, 5.74) is 0.649. The number of carbonyl (C=O) groups is 2. The van der Waals surface area contributed by atoms with Gasteiger partial charge in [0.1, 0.15) is 18.3 Å². The van der Waals surface area contributed by atoms with Gasteiger partial charge in [0.05, 0.1) is 12.8 Å².